The minimum atomic E-state index is -0.614. The van der Waals surface area contributed by atoms with Crippen LogP contribution in [-0.2, 0) is 23.8 Å². The molecule has 0 aromatic heterocycles. The predicted molar refractivity (Wildman–Crippen MR) is 119 cm³/mol. The molecule has 0 bridgehead atoms. The van der Waals surface area contributed by atoms with E-state index in [9.17, 15) is 9.59 Å². The van der Waals surface area contributed by atoms with Crippen molar-refractivity contribution in [1.82, 2.24) is 0 Å². The first-order valence-electron chi connectivity index (χ1n) is 11.9. The van der Waals surface area contributed by atoms with Crippen molar-refractivity contribution in [1.29, 1.82) is 0 Å². The summed E-state index contributed by atoms with van der Waals surface area (Å²) >= 11 is 0. The van der Waals surface area contributed by atoms with E-state index in [1.54, 1.807) is 6.92 Å². The van der Waals surface area contributed by atoms with Crippen molar-refractivity contribution in [2.45, 2.75) is 96.6 Å². The van der Waals surface area contributed by atoms with E-state index in [1.807, 2.05) is 26.0 Å². The van der Waals surface area contributed by atoms with Crippen LogP contribution in [0.15, 0.2) is 30.2 Å². The van der Waals surface area contributed by atoms with Crippen molar-refractivity contribution in [3.05, 3.63) is 41.3 Å². The number of carbonyl (C=O) groups is 2. The number of rotatable bonds is 6. The molecule has 0 radical (unpaired) electrons. The zero-order chi connectivity index (χ0) is 22.7. The van der Waals surface area contributed by atoms with Gasteiger partial charge in [-0.3, -0.25) is 4.79 Å². The Labute approximate surface area is 190 Å². The Morgan fingerprint density at radius 3 is 2.44 bits per heavy atom. The van der Waals surface area contributed by atoms with Crippen LogP contribution in [0.2, 0.25) is 0 Å². The molecule has 2 fully saturated rings. The highest BCUT2D eigenvalue weighted by Crippen LogP contribution is 2.36. The average molecular weight is 443 g/mol. The molecule has 0 amide bonds. The molecule has 0 spiro atoms. The van der Waals surface area contributed by atoms with Gasteiger partial charge < -0.3 is 18.9 Å². The summed E-state index contributed by atoms with van der Waals surface area (Å²) in [5.74, 6) is 0.337. The standard InChI is InChI=1S/C26H34O6/c1-16-11-17(2)13-21(12-16)31-24-15-29-23-14-20(9-10-22(23)25(24)27)30-18(3)26(28)32-19-7-5-4-6-8-19/h11-13,15,18-20,22-23H,4-10,14H2,1-3H3. The van der Waals surface area contributed by atoms with Gasteiger partial charge in [0, 0.05) is 6.42 Å². The predicted octanol–water partition coefficient (Wildman–Crippen LogP) is 4.94. The Hall–Kier alpha value is -2.34. The van der Waals surface area contributed by atoms with Gasteiger partial charge in [-0.25, -0.2) is 4.79 Å². The number of esters is 1. The van der Waals surface area contributed by atoms with Gasteiger partial charge in [-0.1, -0.05) is 12.5 Å². The Morgan fingerprint density at radius 2 is 1.72 bits per heavy atom. The zero-order valence-corrected chi connectivity index (χ0v) is 19.3. The van der Waals surface area contributed by atoms with E-state index < -0.39 is 6.10 Å². The number of hydrogen-bond acceptors (Lipinski definition) is 6. The molecule has 4 rings (SSSR count). The maximum absolute atomic E-state index is 13.0. The van der Waals surface area contributed by atoms with Gasteiger partial charge in [0.05, 0.1) is 12.0 Å². The van der Waals surface area contributed by atoms with Crippen molar-refractivity contribution < 1.29 is 28.5 Å². The summed E-state index contributed by atoms with van der Waals surface area (Å²) in [7, 11) is 0. The topological polar surface area (TPSA) is 71.1 Å². The lowest BCUT2D eigenvalue weighted by Crippen LogP contribution is -2.44. The Kier molecular flexibility index (Phi) is 7.19. The molecule has 174 valence electrons. The summed E-state index contributed by atoms with van der Waals surface area (Å²) in [6.45, 7) is 5.74. The van der Waals surface area contributed by atoms with E-state index in [4.69, 9.17) is 18.9 Å². The molecule has 1 heterocycles. The van der Waals surface area contributed by atoms with Crippen molar-refractivity contribution in [3.63, 3.8) is 0 Å². The minimum absolute atomic E-state index is 0.0244. The molecule has 2 aliphatic carbocycles. The van der Waals surface area contributed by atoms with Gasteiger partial charge in [-0.2, -0.15) is 0 Å². The summed E-state index contributed by atoms with van der Waals surface area (Å²) in [5.41, 5.74) is 2.16. The fourth-order valence-corrected chi connectivity index (χ4v) is 5.04. The first-order valence-corrected chi connectivity index (χ1v) is 11.9. The van der Waals surface area contributed by atoms with Gasteiger partial charge in [-0.05, 0) is 82.6 Å². The van der Waals surface area contributed by atoms with E-state index >= 15 is 0 Å². The summed E-state index contributed by atoms with van der Waals surface area (Å²) in [5, 5.41) is 0. The smallest absolute Gasteiger partial charge is 0.335 e. The highest BCUT2D eigenvalue weighted by atomic mass is 16.6. The lowest BCUT2D eigenvalue weighted by atomic mass is 9.80. The van der Waals surface area contributed by atoms with E-state index in [0.717, 1.165) is 36.8 Å². The maximum atomic E-state index is 13.0. The lowest BCUT2D eigenvalue weighted by molar-refractivity contribution is -0.170. The molecule has 1 aromatic carbocycles. The van der Waals surface area contributed by atoms with E-state index in [-0.39, 0.29) is 41.7 Å². The largest absolute Gasteiger partial charge is 0.493 e. The second kappa shape index (κ2) is 10.1. The molecular formula is C26H34O6. The lowest BCUT2D eigenvalue weighted by Gasteiger charge is -2.37. The maximum Gasteiger partial charge on any atom is 0.335 e. The summed E-state index contributed by atoms with van der Waals surface area (Å²) in [6, 6.07) is 5.88. The van der Waals surface area contributed by atoms with Crippen LogP contribution in [-0.4, -0.2) is 36.2 Å². The van der Waals surface area contributed by atoms with Crippen LogP contribution in [0.1, 0.15) is 69.4 Å². The van der Waals surface area contributed by atoms with Gasteiger partial charge in [0.2, 0.25) is 11.5 Å². The number of hydrogen-bond donors (Lipinski definition) is 0. The number of ketones is 1. The number of allylic oxidation sites excluding steroid dienone is 1. The van der Waals surface area contributed by atoms with Crippen molar-refractivity contribution in [3.8, 4) is 5.75 Å². The number of benzene rings is 1. The number of carbonyl (C=O) groups excluding carboxylic acids is 2. The molecule has 1 aromatic rings. The van der Waals surface area contributed by atoms with Gasteiger partial charge in [-0.15, -0.1) is 0 Å². The van der Waals surface area contributed by atoms with Crippen molar-refractivity contribution >= 4 is 11.8 Å². The summed E-state index contributed by atoms with van der Waals surface area (Å²) in [4.78, 5) is 25.4. The summed E-state index contributed by atoms with van der Waals surface area (Å²) < 4.78 is 23.4. The molecule has 4 unspecified atom stereocenters. The van der Waals surface area contributed by atoms with Gasteiger partial charge in [0.1, 0.15) is 24.2 Å². The van der Waals surface area contributed by atoms with Crippen LogP contribution < -0.4 is 4.74 Å². The Balaban J connectivity index is 1.30. The molecule has 0 N–H and O–H groups in total. The highest BCUT2D eigenvalue weighted by molar-refractivity contribution is 5.96. The molecule has 1 aliphatic heterocycles. The fourth-order valence-electron chi connectivity index (χ4n) is 5.04. The van der Waals surface area contributed by atoms with Gasteiger partial charge >= 0.3 is 5.97 Å². The first-order chi connectivity index (χ1) is 15.4. The molecule has 3 aliphatic rings. The zero-order valence-electron chi connectivity index (χ0n) is 19.3. The molecule has 0 saturated heterocycles. The third-order valence-corrected chi connectivity index (χ3v) is 6.66. The summed E-state index contributed by atoms with van der Waals surface area (Å²) in [6.07, 6.45) is 7.73. The molecule has 32 heavy (non-hydrogen) atoms. The SMILES string of the molecule is Cc1cc(C)cc(OC2=COC3CC(OC(C)C(=O)OC4CCCCC4)CCC3C2=O)c1. The van der Waals surface area contributed by atoms with Crippen LogP contribution in [0.4, 0.5) is 0 Å². The second-order valence-electron chi connectivity index (χ2n) is 9.46. The average Bonchev–Trinajstić information content (AvgIpc) is 2.76. The van der Waals surface area contributed by atoms with Gasteiger partial charge in [0.15, 0.2) is 6.10 Å². The molecule has 4 atom stereocenters. The Morgan fingerprint density at radius 1 is 1.00 bits per heavy atom. The molecule has 6 heteroatoms. The number of aryl methyl sites for hydroxylation is 2. The van der Waals surface area contributed by atoms with E-state index in [2.05, 4.69) is 6.07 Å². The monoisotopic (exact) mass is 442 g/mol. The number of fused-ring (bicyclic) bond motifs is 1. The Bertz CT molecular complexity index is 849. The highest BCUT2D eigenvalue weighted by Gasteiger charge is 2.42. The fraction of sp³-hybridized carbons (Fsp3) is 0.615. The molecular weight excluding hydrogens is 408 g/mol. The first kappa shape index (κ1) is 22.8. The second-order valence-corrected chi connectivity index (χ2v) is 9.46. The third kappa shape index (κ3) is 5.52. The molecule has 6 nitrogen and oxygen atoms in total. The van der Waals surface area contributed by atoms with Crippen LogP contribution in [0.25, 0.3) is 0 Å². The normalized spacial score (nSPS) is 27.0. The number of Topliss-reactive ketones (excluding diaryl/α,β-unsaturated/α-hetero) is 1. The van der Waals surface area contributed by atoms with E-state index in [0.29, 0.717) is 25.0 Å². The van der Waals surface area contributed by atoms with Crippen LogP contribution >= 0.6 is 0 Å². The van der Waals surface area contributed by atoms with E-state index in [1.165, 1.54) is 12.7 Å². The van der Waals surface area contributed by atoms with Crippen molar-refractivity contribution in [2.24, 2.45) is 5.92 Å². The van der Waals surface area contributed by atoms with Gasteiger partial charge in [0.25, 0.3) is 0 Å². The van der Waals surface area contributed by atoms with Crippen LogP contribution in [0.3, 0.4) is 0 Å². The number of ether oxygens (including phenoxy) is 4. The molecule has 2 saturated carbocycles. The quantitative estimate of drug-likeness (QED) is 0.581. The van der Waals surface area contributed by atoms with Crippen molar-refractivity contribution in [2.75, 3.05) is 0 Å². The van der Waals surface area contributed by atoms with Crippen LogP contribution in [0.5, 0.6) is 5.75 Å². The minimum Gasteiger partial charge on any atom is -0.493 e. The third-order valence-electron chi connectivity index (χ3n) is 6.66. The van der Waals surface area contributed by atoms with Crippen LogP contribution in [0, 0.1) is 19.8 Å².